The molecule has 0 saturated carbocycles. The summed E-state index contributed by atoms with van der Waals surface area (Å²) >= 11 is 0. The van der Waals surface area contributed by atoms with Crippen LogP contribution < -0.4 is 30.3 Å². The molecule has 1 aliphatic rings. The summed E-state index contributed by atoms with van der Waals surface area (Å²) in [5.41, 5.74) is 6.66. The van der Waals surface area contributed by atoms with Gasteiger partial charge in [0.05, 0.1) is 5.30 Å². The van der Waals surface area contributed by atoms with Crippen molar-refractivity contribution in [2.45, 2.75) is 0 Å². The lowest BCUT2D eigenvalue weighted by Gasteiger charge is -2.31. The molecular formula is C56H38O2P2. The molecule has 0 aliphatic carbocycles. The van der Waals surface area contributed by atoms with Gasteiger partial charge in [-0.1, -0.05) is 189 Å². The Morgan fingerprint density at radius 2 is 0.950 bits per heavy atom. The highest BCUT2D eigenvalue weighted by Gasteiger charge is 2.34. The zero-order chi connectivity index (χ0) is 40.2. The Morgan fingerprint density at radius 1 is 0.433 bits per heavy atom. The SMILES string of the molecule is C=Cc1ccc2c3c(ccc2c1)O[P@](Oc1ccc2ccccc2c1-c1c(P(c2ccccc2)c2ccccc2)ccc2ccccc12)c1ccc2cc(C=C)ccc2c1-3. The maximum atomic E-state index is 7.49. The summed E-state index contributed by atoms with van der Waals surface area (Å²) in [6.45, 7) is 8.09. The zero-order valence-corrected chi connectivity index (χ0v) is 34.5. The molecule has 0 aromatic heterocycles. The van der Waals surface area contributed by atoms with E-state index in [2.05, 4.69) is 207 Å². The van der Waals surface area contributed by atoms with Crippen molar-refractivity contribution in [1.82, 2.24) is 0 Å². The van der Waals surface area contributed by atoms with Crippen LogP contribution in [0.5, 0.6) is 11.5 Å². The van der Waals surface area contributed by atoms with E-state index in [0.29, 0.717) is 0 Å². The third-order valence-corrected chi connectivity index (χ3v) is 15.6. The minimum absolute atomic E-state index is 0.793. The molecule has 0 unspecified atom stereocenters. The summed E-state index contributed by atoms with van der Waals surface area (Å²) in [5, 5.41) is 14.2. The second-order valence-electron chi connectivity index (χ2n) is 15.1. The maximum absolute atomic E-state index is 7.49. The fourth-order valence-electron chi connectivity index (χ4n) is 8.84. The van der Waals surface area contributed by atoms with Crippen molar-refractivity contribution in [3.05, 3.63) is 218 Å². The molecule has 2 nitrogen and oxygen atoms in total. The molecule has 0 fully saturated rings. The largest absolute Gasteiger partial charge is 0.435 e. The smallest absolute Gasteiger partial charge is 0.326 e. The van der Waals surface area contributed by atoms with Gasteiger partial charge in [0.25, 0.3) is 0 Å². The van der Waals surface area contributed by atoms with Gasteiger partial charge in [-0.15, -0.1) is 0 Å². The summed E-state index contributed by atoms with van der Waals surface area (Å²) in [7, 11) is -2.62. The van der Waals surface area contributed by atoms with Crippen LogP contribution in [0.2, 0.25) is 0 Å². The molecule has 0 spiro atoms. The molecule has 10 aromatic rings. The van der Waals surface area contributed by atoms with Gasteiger partial charge in [-0.25, -0.2) is 0 Å². The second kappa shape index (κ2) is 15.1. The summed E-state index contributed by atoms with van der Waals surface area (Å²) in [6, 6.07) is 70.2. The van der Waals surface area contributed by atoms with Crippen molar-refractivity contribution < 1.29 is 9.05 Å². The highest BCUT2D eigenvalue weighted by atomic mass is 31.2. The molecule has 0 radical (unpaired) electrons. The molecule has 0 bridgehead atoms. The lowest BCUT2D eigenvalue weighted by atomic mass is 9.91. The molecule has 60 heavy (non-hydrogen) atoms. The minimum Gasteiger partial charge on any atom is -0.435 e. The molecule has 0 amide bonds. The van der Waals surface area contributed by atoms with Crippen molar-refractivity contribution in [2.75, 3.05) is 0 Å². The number of hydrogen-bond acceptors (Lipinski definition) is 2. The van der Waals surface area contributed by atoms with Gasteiger partial charge in [0.15, 0.2) is 0 Å². The van der Waals surface area contributed by atoms with Crippen molar-refractivity contribution in [1.29, 1.82) is 0 Å². The lowest BCUT2D eigenvalue weighted by molar-refractivity contribution is 0.502. The fourth-order valence-corrected chi connectivity index (χ4v) is 12.8. The molecule has 0 saturated heterocycles. The van der Waals surface area contributed by atoms with Gasteiger partial charge in [0.1, 0.15) is 11.5 Å². The minimum atomic E-state index is -1.65. The molecule has 0 N–H and O–H groups in total. The predicted molar refractivity (Wildman–Crippen MR) is 260 cm³/mol. The number of hydrogen-bond donors (Lipinski definition) is 0. The Hall–Kier alpha value is -6.82. The van der Waals surface area contributed by atoms with Crippen molar-refractivity contribution in [2.24, 2.45) is 0 Å². The van der Waals surface area contributed by atoms with E-state index in [1.165, 1.54) is 32.2 Å². The monoisotopic (exact) mass is 804 g/mol. The van der Waals surface area contributed by atoms with Crippen molar-refractivity contribution in [3.63, 3.8) is 0 Å². The van der Waals surface area contributed by atoms with Gasteiger partial charge in [-0.05, 0) is 108 Å². The van der Waals surface area contributed by atoms with Crippen LogP contribution in [0.3, 0.4) is 0 Å². The van der Waals surface area contributed by atoms with Gasteiger partial charge in [-0.3, -0.25) is 0 Å². The van der Waals surface area contributed by atoms with Crippen LogP contribution in [0.25, 0.3) is 77.5 Å². The van der Waals surface area contributed by atoms with E-state index in [4.69, 9.17) is 9.05 Å². The molecule has 1 atom stereocenters. The zero-order valence-electron chi connectivity index (χ0n) is 32.8. The fraction of sp³-hybridized carbons (Fsp3) is 0. The van der Waals surface area contributed by atoms with E-state index < -0.39 is 16.3 Å². The Labute approximate surface area is 352 Å². The third-order valence-electron chi connectivity index (χ3n) is 11.6. The second-order valence-corrected chi connectivity index (χ2v) is 18.6. The first-order valence-electron chi connectivity index (χ1n) is 20.2. The Kier molecular flexibility index (Phi) is 9.12. The van der Waals surface area contributed by atoms with Crippen molar-refractivity contribution in [3.8, 4) is 33.8 Å². The molecular weight excluding hydrogens is 767 g/mol. The molecule has 1 aliphatic heterocycles. The number of benzene rings is 10. The van der Waals surface area contributed by atoms with E-state index in [-0.39, 0.29) is 0 Å². The van der Waals surface area contributed by atoms with Crippen LogP contribution in [0.4, 0.5) is 0 Å². The Balaban J connectivity index is 1.17. The van der Waals surface area contributed by atoms with Crippen LogP contribution in [0.15, 0.2) is 207 Å². The average molecular weight is 805 g/mol. The first-order chi connectivity index (χ1) is 29.7. The molecule has 284 valence electrons. The first kappa shape index (κ1) is 36.3. The van der Waals surface area contributed by atoms with Crippen molar-refractivity contribution >= 4 is 92.8 Å². The lowest BCUT2D eigenvalue weighted by Crippen LogP contribution is -2.22. The predicted octanol–water partition coefficient (Wildman–Crippen LogP) is 14.1. The summed E-state index contributed by atoms with van der Waals surface area (Å²) in [6.07, 6.45) is 3.80. The van der Waals surface area contributed by atoms with E-state index in [0.717, 1.165) is 76.9 Å². The van der Waals surface area contributed by atoms with Crippen LogP contribution in [-0.4, -0.2) is 0 Å². The topological polar surface area (TPSA) is 18.5 Å². The van der Waals surface area contributed by atoms with Gasteiger partial charge in [0, 0.05) is 22.3 Å². The van der Waals surface area contributed by atoms with Gasteiger partial charge >= 0.3 is 8.38 Å². The number of fused-ring (bicyclic) bond motifs is 9. The first-order valence-corrected chi connectivity index (χ1v) is 22.7. The quantitative estimate of drug-likeness (QED) is 0.142. The van der Waals surface area contributed by atoms with E-state index in [1.54, 1.807) is 0 Å². The van der Waals surface area contributed by atoms with Crippen LogP contribution in [-0.2, 0) is 0 Å². The normalized spacial score (nSPS) is 13.2. The van der Waals surface area contributed by atoms with E-state index in [1.807, 2.05) is 12.2 Å². The molecule has 1 heterocycles. The number of rotatable bonds is 8. The summed E-state index contributed by atoms with van der Waals surface area (Å²) < 4.78 is 14.6. The van der Waals surface area contributed by atoms with Crippen LogP contribution in [0.1, 0.15) is 11.1 Å². The Bertz CT molecular complexity index is 3280. The maximum Gasteiger partial charge on any atom is 0.326 e. The highest BCUT2D eigenvalue weighted by Crippen LogP contribution is 2.56. The van der Waals surface area contributed by atoms with E-state index >= 15 is 0 Å². The average Bonchev–Trinajstić information content (AvgIpc) is 3.31. The van der Waals surface area contributed by atoms with Gasteiger partial charge in [0.2, 0.25) is 0 Å². The van der Waals surface area contributed by atoms with Crippen LogP contribution >= 0.6 is 16.3 Å². The van der Waals surface area contributed by atoms with Gasteiger partial charge < -0.3 is 9.05 Å². The summed E-state index contributed by atoms with van der Waals surface area (Å²) in [4.78, 5) is 0. The molecule has 4 heteroatoms. The third kappa shape index (κ3) is 6.11. The summed E-state index contributed by atoms with van der Waals surface area (Å²) in [5.74, 6) is 1.61. The van der Waals surface area contributed by atoms with Crippen LogP contribution in [0, 0.1) is 0 Å². The van der Waals surface area contributed by atoms with E-state index in [9.17, 15) is 0 Å². The Morgan fingerprint density at radius 3 is 1.58 bits per heavy atom. The van der Waals surface area contributed by atoms with Gasteiger partial charge in [-0.2, -0.15) is 0 Å². The molecule has 10 aromatic carbocycles. The standard InChI is InChI=1S/C56H38O2P2/c1-3-37-23-29-47-41(35-37)26-32-50-54(47)56-48-30-24-38(4-2)36-42(48)28-34-52(56)60(58-50)57-49-31-25-39-15-11-13-21-45(39)53(49)55-46-22-14-12-16-40(46)27-33-51(55)59(43-17-7-5-8-18-43)44-19-9-6-10-20-44/h3-36H,1-2H2/t60-/m0/s1. The molecule has 11 rings (SSSR count). The highest BCUT2D eigenvalue weighted by molar-refractivity contribution is 7.80.